The molecule has 2 rings (SSSR count). The zero-order valence-electron chi connectivity index (χ0n) is 12.4. The fourth-order valence-corrected chi connectivity index (χ4v) is 2.32. The van der Waals surface area contributed by atoms with Crippen LogP contribution in [0.2, 0.25) is 0 Å². The molecule has 0 aromatic heterocycles. The summed E-state index contributed by atoms with van der Waals surface area (Å²) in [5, 5.41) is 8.99. The Bertz CT molecular complexity index is 563. The van der Waals surface area contributed by atoms with E-state index >= 15 is 0 Å². The number of carbonyl (C=O) groups excluding carboxylic acids is 1. The van der Waals surface area contributed by atoms with Crippen LogP contribution in [-0.2, 0) is 10.3 Å². The molecule has 1 aliphatic carbocycles. The van der Waals surface area contributed by atoms with Gasteiger partial charge in [-0.05, 0) is 51.3 Å². The SMILES string of the molecule is CN(C(=O)OC(C)(C)C)C1(c2cccc(C#N)c2)CC1. The van der Waals surface area contributed by atoms with E-state index in [4.69, 9.17) is 10.00 Å². The minimum atomic E-state index is -0.504. The summed E-state index contributed by atoms with van der Waals surface area (Å²) in [5.74, 6) is 0. The number of hydrogen-bond acceptors (Lipinski definition) is 3. The minimum Gasteiger partial charge on any atom is -0.444 e. The van der Waals surface area contributed by atoms with E-state index in [0.29, 0.717) is 5.56 Å². The van der Waals surface area contributed by atoms with E-state index < -0.39 is 5.60 Å². The van der Waals surface area contributed by atoms with Crippen LogP contribution in [0.5, 0.6) is 0 Å². The highest BCUT2D eigenvalue weighted by Gasteiger charge is 2.51. The van der Waals surface area contributed by atoms with Crippen molar-refractivity contribution in [2.75, 3.05) is 7.05 Å². The Morgan fingerprint density at radius 3 is 2.55 bits per heavy atom. The molecule has 4 nitrogen and oxygen atoms in total. The lowest BCUT2D eigenvalue weighted by atomic mass is 10.0. The number of hydrogen-bond donors (Lipinski definition) is 0. The summed E-state index contributed by atoms with van der Waals surface area (Å²) in [6, 6.07) is 9.59. The molecule has 1 amide bonds. The first-order chi connectivity index (χ1) is 9.28. The third kappa shape index (κ3) is 2.77. The molecule has 0 heterocycles. The Morgan fingerprint density at radius 2 is 2.05 bits per heavy atom. The number of nitriles is 1. The molecular weight excluding hydrogens is 252 g/mol. The van der Waals surface area contributed by atoms with Crippen molar-refractivity contribution in [3.05, 3.63) is 35.4 Å². The Balaban J connectivity index is 2.22. The van der Waals surface area contributed by atoms with E-state index in [1.165, 1.54) is 0 Å². The molecular formula is C16H20N2O2. The van der Waals surface area contributed by atoms with Crippen molar-refractivity contribution in [3.8, 4) is 6.07 Å². The van der Waals surface area contributed by atoms with Crippen LogP contribution in [0, 0.1) is 11.3 Å². The summed E-state index contributed by atoms with van der Waals surface area (Å²) >= 11 is 0. The van der Waals surface area contributed by atoms with Gasteiger partial charge in [-0.2, -0.15) is 5.26 Å². The molecule has 1 aromatic carbocycles. The maximum absolute atomic E-state index is 12.2. The van der Waals surface area contributed by atoms with Gasteiger partial charge in [-0.1, -0.05) is 12.1 Å². The Kier molecular flexibility index (Phi) is 3.47. The Labute approximate surface area is 120 Å². The summed E-state index contributed by atoms with van der Waals surface area (Å²) in [6.45, 7) is 5.57. The quantitative estimate of drug-likeness (QED) is 0.829. The topological polar surface area (TPSA) is 53.3 Å². The molecule has 20 heavy (non-hydrogen) atoms. The molecule has 1 saturated carbocycles. The van der Waals surface area contributed by atoms with Gasteiger partial charge in [-0.25, -0.2) is 4.79 Å². The van der Waals surface area contributed by atoms with Crippen LogP contribution >= 0.6 is 0 Å². The highest BCUT2D eigenvalue weighted by Crippen LogP contribution is 2.50. The van der Waals surface area contributed by atoms with Gasteiger partial charge in [0, 0.05) is 7.05 Å². The Morgan fingerprint density at radius 1 is 1.40 bits per heavy atom. The number of ether oxygens (including phenoxy) is 1. The fraction of sp³-hybridized carbons (Fsp3) is 0.500. The van der Waals surface area contributed by atoms with Gasteiger partial charge in [0.25, 0.3) is 0 Å². The van der Waals surface area contributed by atoms with Gasteiger partial charge in [-0.15, -0.1) is 0 Å². The lowest BCUT2D eigenvalue weighted by Crippen LogP contribution is -2.40. The third-order valence-corrected chi connectivity index (χ3v) is 3.56. The number of rotatable bonds is 2. The molecule has 106 valence electrons. The van der Waals surface area contributed by atoms with Crippen LogP contribution in [0.4, 0.5) is 4.79 Å². The van der Waals surface area contributed by atoms with Crippen molar-refractivity contribution in [1.82, 2.24) is 4.90 Å². The van der Waals surface area contributed by atoms with Gasteiger partial charge in [-0.3, -0.25) is 0 Å². The van der Waals surface area contributed by atoms with Crippen molar-refractivity contribution >= 4 is 6.09 Å². The molecule has 0 aliphatic heterocycles. The van der Waals surface area contributed by atoms with Crippen LogP contribution in [0.3, 0.4) is 0 Å². The summed E-state index contributed by atoms with van der Waals surface area (Å²) in [4.78, 5) is 13.9. The highest BCUT2D eigenvalue weighted by atomic mass is 16.6. The number of nitrogens with zero attached hydrogens (tertiary/aromatic N) is 2. The smallest absolute Gasteiger partial charge is 0.410 e. The van der Waals surface area contributed by atoms with E-state index in [1.807, 2.05) is 39.0 Å². The van der Waals surface area contributed by atoms with Crippen LogP contribution in [-0.4, -0.2) is 23.6 Å². The molecule has 1 aromatic rings. The second kappa shape index (κ2) is 4.82. The van der Waals surface area contributed by atoms with E-state index in [9.17, 15) is 4.79 Å². The monoisotopic (exact) mass is 272 g/mol. The maximum Gasteiger partial charge on any atom is 0.410 e. The zero-order chi connectivity index (χ0) is 15.0. The molecule has 1 aliphatic rings. The van der Waals surface area contributed by atoms with Crippen molar-refractivity contribution in [1.29, 1.82) is 5.26 Å². The molecule has 0 spiro atoms. The number of amides is 1. The van der Waals surface area contributed by atoms with Crippen molar-refractivity contribution in [3.63, 3.8) is 0 Å². The normalized spacial score (nSPS) is 16.1. The van der Waals surface area contributed by atoms with Gasteiger partial charge < -0.3 is 9.64 Å². The lowest BCUT2D eigenvalue weighted by Gasteiger charge is -2.31. The first-order valence-corrected chi connectivity index (χ1v) is 6.76. The standard InChI is InChI=1S/C16H20N2O2/c1-15(2,3)20-14(19)18(4)16(8-9-16)13-7-5-6-12(10-13)11-17/h5-7,10H,8-9H2,1-4H3. The summed E-state index contributed by atoms with van der Waals surface area (Å²) < 4.78 is 5.43. The van der Waals surface area contributed by atoms with Crippen molar-refractivity contribution in [2.24, 2.45) is 0 Å². The maximum atomic E-state index is 12.2. The van der Waals surface area contributed by atoms with Gasteiger partial charge in [0.05, 0.1) is 17.2 Å². The molecule has 4 heteroatoms. The van der Waals surface area contributed by atoms with Gasteiger partial charge >= 0.3 is 6.09 Å². The summed E-state index contributed by atoms with van der Waals surface area (Å²) in [7, 11) is 1.76. The number of carbonyl (C=O) groups is 1. The average Bonchev–Trinajstić information content (AvgIpc) is 3.17. The molecule has 0 saturated heterocycles. The molecule has 0 N–H and O–H groups in total. The predicted octanol–water partition coefficient (Wildman–Crippen LogP) is 3.41. The van der Waals surface area contributed by atoms with Crippen LogP contribution in [0.1, 0.15) is 44.7 Å². The van der Waals surface area contributed by atoms with Gasteiger partial charge in [0.1, 0.15) is 5.60 Å². The van der Waals surface area contributed by atoms with E-state index in [2.05, 4.69) is 6.07 Å². The van der Waals surface area contributed by atoms with Gasteiger partial charge in [0.15, 0.2) is 0 Å². The third-order valence-electron chi connectivity index (χ3n) is 3.56. The molecule has 1 fully saturated rings. The lowest BCUT2D eigenvalue weighted by molar-refractivity contribution is 0.0190. The summed E-state index contributed by atoms with van der Waals surface area (Å²) in [5.41, 5.74) is 0.807. The first-order valence-electron chi connectivity index (χ1n) is 6.76. The Hall–Kier alpha value is -2.02. The average molecular weight is 272 g/mol. The zero-order valence-corrected chi connectivity index (χ0v) is 12.4. The van der Waals surface area contributed by atoms with Crippen LogP contribution in [0.25, 0.3) is 0 Å². The van der Waals surface area contributed by atoms with E-state index in [-0.39, 0.29) is 11.6 Å². The highest BCUT2D eigenvalue weighted by molar-refractivity contribution is 5.70. The summed E-state index contributed by atoms with van der Waals surface area (Å²) in [6.07, 6.45) is 1.48. The molecule has 0 atom stereocenters. The van der Waals surface area contributed by atoms with Crippen molar-refractivity contribution < 1.29 is 9.53 Å². The second-order valence-corrected chi connectivity index (χ2v) is 6.26. The van der Waals surface area contributed by atoms with Crippen LogP contribution < -0.4 is 0 Å². The minimum absolute atomic E-state index is 0.310. The van der Waals surface area contributed by atoms with Gasteiger partial charge in [0.2, 0.25) is 0 Å². The molecule has 0 bridgehead atoms. The fourth-order valence-electron chi connectivity index (χ4n) is 2.32. The molecule has 0 unspecified atom stereocenters. The number of benzene rings is 1. The molecule has 0 radical (unpaired) electrons. The van der Waals surface area contributed by atoms with Crippen molar-refractivity contribution in [2.45, 2.75) is 44.8 Å². The first kappa shape index (κ1) is 14.4. The second-order valence-electron chi connectivity index (χ2n) is 6.26. The van der Waals surface area contributed by atoms with E-state index in [0.717, 1.165) is 18.4 Å². The van der Waals surface area contributed by atoms with E-state index in [1.54, 1.807) is 18.0 Å². The largest absolute Gasteiger partial charge is 0.444 e. The predicted molar refractivity (Wildman–Crippen MR) is 76.1 cm³/mol. The van der Waals surface area contributed by atoms with Crippen LogP contribution in [0.15, 0.2) is 24.3 Å².